The molecule has 3 nitrogen and oxygen atoms in total. The number of rotatable bonds is 7. The zero-order valence-electron chi connectivity index (χ0n) is 10.5. The molecule has 0 saturated carbocycles. The van der Waals surface area contributed by atoms with E-state index in [2.05, 4.69) is 24.1 Å². The molecule has 0 amide bonds. The average molecular weight is 214 g/mol. The first-order valence-electron chi connectivity index (χ1n) is 6.15. The van der Waals surface area contributed by atoms with Gasteiger partial charge in [0.1, 0.15) is 0 Å². The van der Waals surface area contributed by atoms with Crippen LogP contribution in [0.1, 0.15) is 27.2 Å². The third-order valence-electron chi connectivity index (χ3n) is 2.99. The molecule has 0 unspecified atom stereocenters. The van der Waals surface area contributed by atoms with E-state index < -0.39 is 0 Å². The van der Waals surface area contributed by atoms with Crippen molar-refractivity contribution in [3.05, 3.63) is 0 Å². The fourth-order valence-corrected chi connectivity index (χ4v) is 2.07. The first-order valence-corrected chi connectivity index (χ1v) is 6.15. The minimum absolute atomic E-state index is 0.533. The molecule has 15 heavy (non-hydrogen) atoms. The van der Waals surface area contributed by atoms with Gasteiger partial charge in [-0.3, -0.25) is 0 Å². The Morgan fingerprint density at radius 3 is 2.73 bits per heavy atom. The largest absolute Gasteiger partial charge is 0.380 e. The fraction of sp³-hybridized carbons (Fsp3) is 1.00. The highest BCUT2D eigenvalue weighted by Crippen LogP contribution is 2.28. The summed E-state index contributed by atoms with van der Waals surface area (Å²) in [6, 6.07) is 0. The summed E-state index contributed by atoms with van der Waals surface area (Å²) in [5, 5.41) is 3.41. The van der Waals surface area contributed by atoms with E-state index in [9.17, 15) is 0 Å². The molecule has 1 aliphatic rings. The van der Waals surface area contributed by atoms with Crippen LogP contribution in [-0.2, 0) is 4.74 Å². The zero-order chi connectivity index (χ0) is 11.1. The number of hydrogen-bond donors (Lipinski definition) is 1. The summed E-state index contributed by atoms with van der Waals surface area (Å²) >= 11 is 0. The van der Waals surface area contributed by atoms with Gasteiger partial charge in [-0.2, -0.15) is 0 Å². The zero-order valence-corrected chi connectivity index (χ0v) is 10.5. The molecule has 0 aromatic rings. The summed E-state index contributed by atoms with van der Waals surface area (Å²) in [4.78, 5) is 2.55. The summed E-state index contributed by atoms with van der Waals surface area (Å²) in [5.74, 6) is 0. The summed E-state index contributed by atoms with van der Waals surface area (Å²) in [6.07, 6.45) is 1.34. The third kappa shape index (κ3) is 5.50. The lowest BCUT2D eigenvalue weighted by atomic mass is 9.93. The molecule has 1 heterocycles. The van der Waals surface area contributed by atoms with Crippen molar-refractivity contribution < 1.29 is 4.74 Å². The van der Waals surface area contributed by atoms with Crippen LogP contribution >= 0.6 is 0 Å². The molecular formula is C12H26N2O. The fourth-order valence-electron chi connectivity index (χ4n) is 2.07. The van der Waals surface area contributed by atoms with Crippen LogP contribution in [0.25, 0.3) is 0 Å². The number of nitrogens with zero attached hydrogens (tertiary/aromatic N) is 1. The first-order chi connectivity index (χ1) is 7.14. The lowest BCUT2D eigenvalue weighted by Gasteiger charge is -2.19. The Bertz CT molecular complexity index is 171. The molecule has 1 saturated heterocycles. The molecular weight excluding hydrogens is 188 g/mol. The van der Waals surface area contributed by atoms with Gasteiger partial charge in [0.05, 0.1) is 6.61 Å². The monoisotopic (exact) mass is 214 g/mol. The number of hydrogen-bond acceptors (Lipinski definition) is 3. The van der Waals surface area contributed by atoms with Gasteiger partial charge in [0.15, 0.2) is 0 Å². The molecule has 0 atom stereocenters. The third-order valence-corrected chi connectivity index (χ3v) is 2.99. The highest BCUT2D eigenvalue weighted by molar-refractivity contribution is 4.82. The number of ether oxygens (including phenoxy) is 1. The molecule has 0 radical (unpaired) electrons. The van der Waals surface area contributed by atoms with Gasteiger partial charge >= 0.3 is 0 Å². The van der Waals surface area contributed by atoms with Crippen molar-refractivity contribution in [2.45, 2.75) is 27.2 Å². The van der Waals surface area contributed by atoms with Gasteiger partial charge < -0.3 is 15.0 Å². The van der Waals surface area contributed by atoms with Crippen molar-refractivity contribution in [1.82, 2.24) is 10.2 Å². The lowest BCUT2D eigenvalue weighted by Crippen LogP contribution is -2.33. The van der Waals surface area contributed by atoms with E-state index in [1.807, 2.05) is 6.92 Å². The normalized spacial score (nSPS) is 21.0. The molecule has 0 spiro atoms. The Kier molecular flexibility index (Phi) is 5.58. The standard InChI is InChI=1S/C12H26N2O/c1-4-15-10-7-13-6-9-14-8-5-12(2,3)11-14/h13H,4-11H2,1-3H3. The SMILES string of the molecule is CCOCCNCCN1CCC(C)(C)C1. The Morgan fingerprint density at radius 1 is 1.33 bits per heavy atom. The highest BCUT2D eigenvalue weighted by atomic mass is 16.5. The molecule has 0 aromatic carbocycles. The average Bonchev–Trinajstić information content (AvgIpc) is 2.52. The number of likely N-dealkylation sites (tertiary alicyclic amines) is 1. The molecule has 3 heteroatoms. The van der Waals surface area contributed by atoms with Gasteiger partial charge in [0.25, 0.3) is 0 Å². The van der Waals surface area contributed by atoms with Crippen molar-refractivity contribution in [1.29, 1.82) is 0 Å². The van der Waals surface area contributed by atoms with E-state index in [-0.39, 0.29) is 0 Å². The first kappa shape index (κ1) is 12.9. The predicted molar refractivity (Wildman–Crippen MR) is 64.2 cm³/mol. The van der Waals surface area contributed by atoms with E-state index >= 15 is 0 Å². The molecule has 0 bridgehead atoms. The number of nitrogens with one attached hydrogen (secondary N) is 1. The second kappa shape index (κ2) is 6.46. The van der Waals surface area contributed by atoms with Crippen molar-refractivity contribution in [2.24, 2.45) is 5.41 Å². The topological polar surface area (TPSA) is 24.5 Å². The molecule has 0 aromatic heterocycles. The maximum atomic E-state index is 5.26. The van der Waals surface area contributed by atoms with Gasteiger partial charge in [0.2, 0.25) is 0 Å². The Morgan fingerprint density at radius 2 is 2.13 bits per heavy atom. The molecule has 1 N–H and O–H groups in total. The lowest BCUT2D eigenvalue weighted by molar-refractivity contribution is 0.148. The van der Waals surface area contributed by atoms with Crippen molar-refractivity contribution >= 4 is 0 Å². The molecule has 1 fully saturated rings. The van der Waals surface area contributed by atoms with Crippen LogP contribution in [0.2, 0.25) is 0 Å². The van der Waals surface area contributed by atoms with Crippen LogP contribution in [0.4, 0.5) is 0 Å². The van der Waals surface area contributed by atoms with Crippen LogP contribution in [0, 0.1) is 5.41 Å². The van der Waals surface area contributed by atoms with Gasteiger partial charge in [-0.25, -0.2) is 0 Å². The summed E-state index contributed by atoms with van der Waals surface area (Å²) < 4.78 is 5.26. The smallest absolute Gasteiger partial charge is 0.0590 e. The molecule has 1 rings (SSSR count). The molecule has 90 valence electrons. The van der Waals surface area contributed by atoms with E-state index in [0.29, 0.717) is 5.41 Å². The van der Waals surface area contributed by atoms with Gasteiger partial charge in [-0.1, -0.05) is 13.8 Å². The van der Waals surface area contributed by atoms with Crippen molar-refractivity contribution in [3.8, 4) is 0 Å². The summed E-state index contributed by atoms with van der Waals surface area (Å²) in [5.41, 5.74) is 0.533. The van der Waals surface area contributed by atoms with Crippen molar-refractivity contribution in [2.75, 3.05) is 45.9 Å². The highest BCUT2D eigenvalue weighted by Gasteiger charge is 2.28. The van der Waals surface area contributed by atoms with Crippen LogP contribution in [-0.4, -0.2) is 50.8 Å². The second-order valence-corrected chi connectivity index (χ2v) is 5.14. The van der Waals surface area contributed by atoms with Crippen LogP contribution < -0.4 is 5.32 Å². The van der Waals surface area contributed by atoms with Gasteiger partial charge in [-0.15, -0.1) is 0 Å². The van der Waals surface area contributed by atoms with E-state index in [1.165, 1.54) is 26.1 Å². The Hall–Kier alpha value is -0.120. The minimum atomic E-state index is 0.533. The molecule has 1 aliphatic heterocycles. The van der Waals surface area contributed by atoms with Gasteiger partial charge in [0, 0.05) is 32.8 Å². The maximum Gasteiger partial charge on any atom is 0.0590 e. The second-order valence-electron chi connectivity index (χ2n) is 5.14. The molecule has 0 aliphatic carbocycles. The van der Waals surface area contributed by atoms with Crippen LogP contribution in [0.3, 0.4) is 0 Å². The van der Waals surface area contributed by atoms with E-state index in [0.717, 1.165) is 26.3 Å². The maximum absolute atomic E-state index is 5.26. The van der Waals surface area contributed by atoms with Crippen molar-refractivity contribution in [3.63, 3.8) is 0 Å². The Balaban J connectivity index is 1.93. The summed E-state index contributed by atoms with van der Waals surface area (Å²) in [6.45, 7) is 14.2. The quantitative estimate of drug-likeness (QED) is 0.647. The van der Waals surface area contributed by atoms with E-state index in [4.69, 9.17) is 4.74 Å². The van der Waals surface area contributed by atoms with E-state index in [1.54, 1.807) is 0 Å². The summed E-state index contributed by atoms with van der Waals surface area (Å²) in [7, 11) is 0. The Labute approximate surface area is 94.2 Å². The minimum Gasteiger partial charge on any atom is -0.380 e. The van der Waals surface area contributed by atoms with Crippen LogP contribution in [0.5, 0.6) is 0 Å². The van der Waals surface area contributed by atoms with Crippen LogP contribution in [0.15, 0.2) is 0 Å². The van der Waals surface area contributed by atoms with Gasteiger partial charge in [-0.05, 0) is 25.3 Å². The predicted octanol–water partition coefficient (Wildman–Crippen LogP) is 1.34.